The fourth-order valence-corrected chi connectivity index (χ4v) is 2.20. The SMILES string of the molecule is COc1ccccc1N[C@@H](C)C(=O)Nc1ccccc1C(C)=O. The van der Waals surface area contributed by atoms with Gasteiger partial charge in [-0.15, -0.1) is 0 Å². The average molecular weight is 312 g/mol. The topological polar surface area (TPSA) is 67.4 Å². The van der Waals surface area contributed by atoms with Gasteiger partial charge < -0.3 is 15.4 Å². The molecule has 0 radical (unpaired) electrons. The minimum absolute atomic E-state index is 0.0914. The van der Waals surface area contributed by atoms with Crippen molar-refractivity contribution in [1.29, 1.82) is 0 Å². The number of rotatable bonds is 6. The molecule has 2 aromatic rings. The molecule has 0 aromatic heterocycles. The molecule has 0 aliphatic carbocycles. The van der Waals surface area contributed by atoms with Gasteiger partial charge in [0.2, 0.25) is 5.91 Å². The molecule has 23 heavy (non-hydrogen) atoms. The molecule has 0 unspecified atom stereocenters. The zero-order valence-corrected chi connectivity index (χ0v) is 13.4. The molecule has 0 saturated heterocycles. The third kappa shape index (κ3) is 4.10. The number of para-hydroxylation sites is 3. The van der Waals surface area contributed by atoms with Gasteiger partial charge in [0.1, 0.15) is 11.8 Å². The number of ether oxygens (including phenoxy) is 1. The van der Waals surface area contributed by atoms with E-state index in [1.807, 2.05) is 24.3 Å². The summed E-state index contributed by atoms with van der Waals surface area (Å²) in [7, 11) is 1.58. The van der Waals surface area contributed by atoms with E-state index in [1.165, 1.54) is 6.92 Å². The van der Waals surface area contributed by atoms with Crippen LogP contribution in [0.4, 0.5) is 11.4 Å². The number of benzene rings is 2. The lowest BCUT2D eigenvalue weighted by Gasteiger charge is -2.18. The highest BCUT2D eigenvalue weighted by Gasteiger charge is 2.16. The Morgan fingerprint density at radius 2 is 1.61 bits per heavy atom. The lowest BCUT2D eigenvalue weighted by Crippen LogP contribution is -2.32. The smallest absolute Gasteiger partial charge is 0.246 e. The zero-order valence-electron chi connectivity index (χ0n) is 13.4. The molecule has 2 aromatic carbocycles. The van der Waals surface area contributed by atoms with E-state index in [1.54, 1.807) is 38.3 Å². The summed E-state index contributed by atoms with van der Waals surface area (Å²) in [6.07, 6.45) is 0. The highest BCUT2D eigenvalue weighted by atomic mass is 16.5. The first kappa shape index (κ1) is 16.5. The van der Waals surface area contributed by atoms with Crippen molar-refractivity contribution in [2.45, 2.75) is 19.9 Å². The zero-order chi connectivity index (χ0) is 16.8. The van der Waals surface area contributed by atoms with Crippen LogP contribution in [-0.4, -0.2) is 24.8 Å². The predicted molar refractivity (Wildman–Crippen MR) is 91.2 cm³/mol. The molecule has 0 spiro atoms. The van der Waals surface area contributed by atoms with E-state index in [9.17, 15) is 9.59 Å². The largest absolute Gasteiger partial charge is 0.495 e. The van der Waals surface area contributed by atoms with Crippen LogP contribution in [0.1, 0.15) is 24.2 Å². The molecule has 0 fully saturated rings. The van der Waals surface area contributed by atoms with Crippen LogP contribution in [0, 0.1) is 0 Å². The van der Waals surface area contributed by atoms with Crippen molar-refractivity contribution in [2.75, 3.05) is 17.7 Å². The first-order valence-corrected chi connectivity index (χ1v) is 7.33. The monoisotopic (exact) mass is 312 g/mol. The molecule has 1 atom stereocenters. The number of ketones is 1. The van der Waals surface area contributed by atoms with E-state index < -0.39 is 6.04 Å². The van der Waals surface area contributed by atoms with Crippen molar-refractivity contribution in [2.24, 2.45) is 0 Å². The summed E-state index contributed by atoms with van der Waals surface area (Å²) in [6, 6.07) is 13.8. The minimum atomic E-state index is -0.494. The Morgan fingerprint density at radius 1 is 1.00 bits per heavy atom. The Kier molecular flexibility index (Phi) is 5.36. The quantitative estimate of drug-likeness (QED) is 0.803. The Hall–Kier alpha value is -2.82. The first-order valence-electron chi connectivity index (χ1n) is 7.33. The first-order chi connectivity index (χ1) is 11.0. The van der Waals surface area contributed by atoms with Crippen LogP contribution in [0.15, 0.2) is 48.5 Å². The van der Waals surface area contributed by atoms with Crippen LogP contribution < -0.4 is 15.4 Å². The number of nitrogens with one attached hydrogen (secondary N) is 2. The van der Waals surface area contributed by atoms with Crippen molar-refractivity contribution in [3.05, 3.63) is 54.1 Å². The molecular formula is C18H20N2O3. The van der Waals surface area contributed by atoms with Gasteiger partial charge in [-0.2, -0.15) is 0 Å². The number of carbonyl (C=O) groups is 2. The van der Waals surface area contributed by atoms with Gasteiger partial charge in [-0.25, -0.2) is 0 Å². The summed E-state index contributed by atoms with van der Waals surface area (Å²) in [5.41, 5.74) is 1.74. The van der Waals surface area contributed by atoms with Gasteiger partial charge in [0.05, 0.1) is 18.5 Å². The second kappa shape index (κ2) is 7.45. The molecule has 1 amide bonds. The lowest BCUT2D eigenvalue weighted by molar-refractivity contribution is -0.116. The van der Waals surface area contributed by atoms with Gasteiger partial charge in [0.15, 0.2) is 5.78 Å². The molecule has 5 heteroatoms. The number of hydrogen-bond donors (Lipinski definition) is 2. The third-order valence-electron chi connectivity index (χ3n) is 3.44. The summed E-state index contributed by atoms with van der Waals surface area (Å²) in [5, 5.41) is 5.89. The Labute approximate surface area is 135 Å². The van der Waals surface area contributed by atoms with E-state index in [0.717, 1.165) is 5.69 Å². The van der Waals surface area contributed by atoms with Crippen LogP contribution in [0.25, 0.3) is 0 Å². The van der Waals surface area contributed by atoms with E-state index in [0.29, 0.717) is 17.0 Å². The number of amides is 1. The second-order valence-corrected chi connectivity index (χ2v) is 5.16. The van der Waals surface area contributed by atoms with Gasteiger partial charge in [0.25, 0.3) is 0 Å². The lowest BCUT2D eigenvalue weighted by atomic mass is 10.1. The summed E-state index contributed by atoms with van der Waals surface area (Å²) < 4.78 is 5.26. The van der Waals surface area contributed by atoms with Crippen LogP contribution >= 0.6 is 0 Å². The van der Waals surface area contributed by atoms with Gasteiger partial charge >= 0.3 is 0 Å². The number of methoxy groups -OCH3 is 1. The molecule has 120 valence electrons. The Balaban J connectivity index is 2.10. The molecule has 0 aliphatic rings. The molecule has 2 N–H and O–H groups in total. The van der Waals surface area contributed by atoms with Crippen molar-refractivity contribution in [1.82, 2.24) is 0 Å². The van der Waals surface area contributed by atoms with Crippen LogP contribution in [0.2, 0.25) is 0 Å². The highest BCUT2D eigenvalue weighted by Crippen LogP contribution is 2.24. The minimum Gasteiger partial charge on any atom is -0.495 e. The Bertz CT molecular complexity index is 713. The molecule has 2 rings (SSSR count). The highest BCUT2D eigenvalue weighted by molar-refractivity contribution is 6.05. The second-order valence-electron chi connectivity index (χ2n) is 5.16. The average Bonchev–Trinajstić information content (AvgIpc) is 2.55. The van der Waals surface area contributed by atoms with Crippen molar-refractivity contribution < 1.29 is 14.3 Å². The fourth-order valence-electron chi connectivity index (χ4n) is 2.20. The fraction of sp³-hybridized carbons (Fsp3) is 0.222. The molecule has 5 nitrogen and oxygen atoms in total. The molecule has 0 bridgehead atoms. The summed E-state index contributed by atoms with van der Waals surface area (Å²) in [4.78, 5) is 24.0. The van der Waals surface area contributed by atoms with Gasteiger partial charge in [0, 0.05) is 5.56 Å². The van der Waals surface area contributed by atoms with Gasteiger partial charge in [-0.05, 0) is 38.1 Å². The Morgan fingerprint density at radius 3 is 2.26 bits per heavy atom. The predicted octanol–water partition coefficient (Wildman–Crippen LogP) is 3.34. The van der Waals surface area contributed by atoms with Crippen LogP contribution in [-0.2, 0) is 4.79 Å². The summed E-state index contributed by atoms with van der Waals surface area (Å²) >= 11 is 0. The van der Waals surface area contributed by atoms with E-state index in [2.05, 4.69) is 10.6 Å². The maximum Gasteiger partial charge on any atom is 0.246 e. The summed E-state index contributed by atoms with van der Waals surface area (Å²) in [5.74, 6) is 0.340. The normalized spacial score (nSPS) is 11.4. The molecule has 0 heterocycles. The van der Waals surface area contributed by atoms with E-state index >= 15 is 0 Å². The van der Waals surface area contributed by atoms with Gasteiger partial charge in [-0.3, -0.25) is 9.59 Å². The van der Waals surface area contributed by atoms with Crippen LogP contribution in [0.3, 0.4) is 0 Å². The maximum absolute atomic E-state index is 12.4. The van der Waals surface area contributed by atoms with Crippen LogP contribution in [0.5, 0.6) is 5.75 Å². The number of anilines is 2. The molecule has 0 aliphatic heterocycles. The standard InChI is InChI=1S/C18H20N2O3/c1-12(19-16-10-6-7-11-17(16)23-3)18(22)20-15-9-5-4-8-14(15)13(2)21/h4-12,19H,1-3H3,(H,20,22)/t12-/m0/s1. The number of Topliss-reactive ketones (excluding diaryl/α,β-unsaturated/α-hetero) is 1. The number of carbonyl (C=O) groups excluding carboxylic acids is 2. The van der Waals surface area contributed by atoms with Crippen molar-refractivity contribution >= 4 is 23.1 Å². The van der Waals surface area contributed by atoms with Crippen molar-refractivity contribution in [3.8, 4) is 5.75 Å². The number of hydrogen-bond acceptors (Lipinski definition) is 4. The maximum atomic E-state index is 12.4. The molecule has 0 saturated carbocycles. The molecular weight excluding hydrogens is 292 g/mol. The summed E-state index contributed by atoms with van der Waals surface area (Å²) in [6.45, 7) is 3.22. The van der Waals surface area contributed by atoms with E-state index in [4.69, 9.17) is 4.74 Å². The van der Waals surface area contributed by atoms with Gasteiger partial charge in [-0.1, -0.05) is 24.3 Å². The van der Waals surface area contributed by atoms with E-state index in [-0.39, 0.29) is 11.7 Å². The van der Waals surface area contributed by atoms with Crippen molar-refractivity contribution in [3.63, 3.8) is 0 Å². The third-order valence-corrected chi connectivity index (χ3v) is 3.44.